The zero-order chi connectivity index (χ0) is 23.8. The molecule has 1 saturated heterocycles. The van der Waals surface area contributed by atoms with E-state index in [2.05, 4.69) is 5.32 Å². The van der Waals surface area contributed by atoms with Crippen LogP contribution in [0.15, 0.2) is 35.2 Å². The molecule has 1 N–H and O–H groups in total. The van der Waals surface area contributed by atoms with E-state index in [1.54, 1.807) is 6.92 Å². The van der Waals surface area contributed by atoms with Crippen LogP contribution in [0.5, 0.6) is 5.75 Å². The fourth-order valence-electron chi connectivity index (χ4n) is 3.99. The van der Waals surface area contributed by atoms with Crippen molar-refractivity contribution in [2.45, 2.75) is 24.2 Å². The number of hydrogen-bond acceptors (Lipinski definition) is 6. The Morgan fingerprint density at radius 1 is 1.27 bits per heavy atom. The normalized spacial score (nSPS) is 18.8. The molecule has 1 amide bonds. The van der Waals surface area contributed by atoms with Gasteiger partial charge in [-0.3, -0.25) is 9.59 Å². The first-order valence-electron chi connectivity index (χ1n) is 10.3. The number of hydrogen-bond donors (Lipinski definition) is 1. The molecule has 0 spiro atoms. The molecule has 11 heteroatoms. The van der Waals surface area contributed by atoms with Gasteiger partial charge in [0, 0.05) is 30.8 Å². The van der Waals surface area contributed by atoms with Crippen molar-refractivity contribution >= 4 is 39.0 Å². The van der Waals surface area contributed by atoms with Crippen LogP contribution in [-0.2, 0) is 19.6 Å². The number of carbonyl (C=O) groups is 2. The number of ketones is 1. The molecular weight excluding hydrogens is 475 g/mol. The van der Waals surface area contributed by atoms with Gasteiger partial charge in [0.2, 0.25) is 10.0 Å². The highest BCUT2D eigenvalue weighted by Gasteiger charge is 2.33. The number of halogens is 2. The van der Waals surface area contributed by atoms with Crippen molar-refractivity contribution < 1.29 is 31.9 Å². The zero-order valence-electron chi connectivity index (χ0n) is 17.8. The van der Waals surface area contributed by atoms with Gasteiger partial charge in [-0.05, 0) is 36.2 Å². The van der Waals surface area contributed by atoms with E-state index in [4.69, 9.17) is 21.1 Å². The Bertz CT molecular complexity index is 1210. The van der Waals surface area contributed by atoms with Crippen molar-refractivity contribution in [2.24, 2.45) is 0 Å². The smallest absolute Gasteiger partial charge is 0.262 e. The maximum atomic E-state index is 14.1. The summed E-state index contributed by atoms with van der Waals surface area (Å²) in [6, 6.07) is 6.68. The molecule has 1 aliphatic heterocycles. The number of sulfonamides is 1. The summed E-state index contributed by atoms with van der Waals surface area (Å²) in [6.07, 6.45) is 0.185. The van der Waals surface area contributed by atoms with Gasteiger partial charge in [0.25, 0.3) is 5.91 Å². The third kappa shape index (κ3) is 4.74. The fraction of sp³-hybridized carbons (Fsp3) is 0.364. The zero-order valence-corrected chi connectivity index (χ0v) is 19.3. The Hall–Kier alpha value is -2.53. The van der Waals surface area contributed by atoms with Crippen molar-refractivity contribution in [3.63, 3.8) is 0 Å². The molecule has 4 rings (SSSR count). The lowest BCUT2D eigenvalue weighted by atomic mass is 10.0. The highest BCUT2D eigenvalue weighted by Crippen LogP contribution is 2.39. The summed E-state index contributed by atoms with van der Waals surface area (Å²) in [5, 5.41) is 2.60. The highest BCUT2D eigenvalue weighted by molar-refractivity contribution is 7.89. The largest absolute Gasteiger partial charge is 0.483 e. The number of carbonyl (C=O) groups excluding carboxylic acids is 2. The van der Waals surface area contributed by atoms with Gasteiger partial charge in [-0.2, -0.15) is 4.31 Å². The van der Waals surface area contributed by atoms with Crippen molar-refractivity contribution in [2.75, 3.05) is 38.2 Å². The predicted molar refractivity (Wildman–Crippen MR) is 119 cm³/mol. The number of fused-ring (bicyclic) bond motifs is 1. The number of nitrogens with one attached hydrogen (secondary N) is 1. The second-order valence-electron chi connectivity index (χ2n) is 7.86. The van der Waals surface area contributed by atoms with Gasteiger partial charge in [-0.1, -0.05) is 18.5 Å². The molecule has 1 aliphatic carbocycles. The summed E-state index contributed by atoms with van der Waals surface area (Å²) < 4.78 is 52.0. The highest BCUT2D eigenvalue weighted by atomic mass is 35.5. The molecule has 0 saturated carbocycles. The maximum Gasteiger partial charge on any atom is 0.262 e. The predicted octanol–water partition coefficient (Wildman–Crippen LogP) is 3.21. The van der Waals surface area contributed by atoms with Gasteiger partial charge in [-0.25, -0.2) is 12.8 Å². The molecule has 1 atom stereocenters. The number of morpholine rings is 1. The standard InChI is InChI=1S/C22H22ClFN2O6S/c1-13-10-17(27)22-18(5-4-16(24)21(13)22)32-12-20(28)25-14-2-3-15(23)19(11-14)33(29,30)26-6-8-31-9-7-26/h2-5,11,13H,6-10,12H2,1H3,(H,25,28). The van der Waals surface area contributed by atoms with Crippen LogP contribution >= 0.6 is 11.6 Å². The number of rotatable bonds is 6. The van der Waals surface area contributed by atoms with Gasteiger partial charge in [-0.15, -0.1) is 0 Å². The van der Waals surface area contributed by atoms with Crippen LogP contribution in [0.3, 0.4) is 0 Å². The summed E-state index contributed by atoms with van der Waals surface area (Å²) in [6.45, 7) is 2.31. The van der Waals surface area contributed by atoms with Gasteiger partial charge < -0.3 is 14.8 Å². The van der Waals surface area contributed by atoms with Crippen molar-refractivity contribution in [1.82, 2.24) is 4.31 Å². The molecule has 0 radical (unpaired) electrons. The average Bonchev–Trinajstić information content (AvgIpc) is 3.10. The van der Waals surface area contributed by atoms with Crippen LogP contribution in [0.2, 0.25) is 5.02 Å². The molecular formula is C22H22ClFN2O6S. The summed E-state index contributed by atoms with van der Waals surface area (Å²) in [5.74, 6) is -1.41. The third-order valence-corrected chi connectivity index (χ3v) is 7.96. The second kappa shape index (κ2) is 9.38. The van der Waals surface area contributed by atoms with E-state index in [0.717, 1.165) is 0 Å². The molecule has 8 nitrogen and oxygen atoms in total. The first-order chi connectivity index (χ1) is 15.7. The van der Waals surface area contributed by atoms with Crippen LogP contribution in [0.25, 0.3) is 0 Å². The summed E-state index contributed by atoms with van der Waals surface area (Å²) >= 11 is 6.13. The lowest BCUT2D eigenvalue weighted by Gasteiger charge is -2.26. The van der Waals surface area contributed by atoms with Crippen molar-refractivity contribution in [1.29, 1.82) is 0 Å². The fourth-order valence-corrected chi connectivity index (χ4v) is 5.90. The molecule has 2 aromatic rings. The first-order valence-corrected chi connectivity index (χ1v) is 12.2. The number of ether oxygens (including phenoxy) is 2. The molecule has 1 heterocycles. The van der Waals surface area contributed by atoms with Gasteiger partial charge >= 0.3 is 0 Å². The lowest BCUT2D eigenvalue weighted by molar-refractivity contribution is -0.118. The quantitative estimate of drug-likeness (QED) is 0.659. The van der Waals surface area contributed by atoms with Crippen molar-refractivity contribution in [3.05, 3.63) is 52.3 Å². The Labute approximate surface area is 195 Å². The maximum absolute atomic E-state index is 14.1. The van der Waals surface area contributed by atoms with Crippen LogP contribution in [-0.4, -0.2) is 57.3 Å². The molecule has 1 fully saturated rings. The molecule has 176 valence electrons. The van der Waals surface area contributed by atoms with E-state index in [1.807, 2.05) is 0 Å². The first kappa shape index (κ1) is 23.6. The summed E-state index contributed by atoms with van der Waals surface area (Å²) in [4.78, 5) is 24.6. The van der Waals surface area contributed by atoms with Crippen LogP contribution in [0.1, 0.15) is 35.2 Å². The minimum atomic E-state index is -3.86. The number of amides is 1. The second-order valence-corrected chi connectivity index (χ2v) is 10.2. The Morgan fingerprint density at radius 3 is 2.73 bits per heavy atom. The molecule has 1 unspecified atom stereocenters. The van der Waals surface area contributed by atoms with E-state index in [0.29, 0.717) is 18.8 Å². The number of Topliss-reactive ketones (excluding diaryl/α,β-unsaturated/α-hetero) is 1. The Morgan fingerprint density at radius 2 is 2.00 bits per heavy atom. The minimum absolute atomic E-state index is 0.0326. The van der Waals surface area contributed by atoms with Crippen LogP contribution in [0, 0.1) is 5.82 Å². The van der Waals surface area contributed by atoms with Crippen LogP contribution in [0.4, 0.5) is 10.1 Å². The van der Waals surface area contributed by atoms with Crippen molar-refractivity contribution in [3.8, 4) is 5.75 Å². The molecule has 2 aromatic carbocycles. The molecule has 0 bridgehead atoms. The summed E-state index contributed by atoms with van der Waals surface area (Å²) in [7, 11) is -3.86. The van der Waals surface area contributed by atoms with E-state index in [9.17, 15) is 22.4 Å². The van der Waals surface area contributed by atoms with Gasteiger partial charge in [0.1, 0.15) is 16.5 Å². The topological polar surface area (TPSA) is 102 Å². The monoisotopic (exact) mass is 496 g/mol. The third-order valence-electron chi connectivity index (χ3n) is 5.58. The number of benzene rings is 2. The van der Waals surface area contributed by atoms with E-state index < -0.39 is 28.4 Å². The lowest BCUT2D eigenvalue weighted by Crippen LogP contribution is -2.40. The minimum Gasteiger partial charge on any atom is -0.483 e. The van der Waals surface area contributed by atoms with Crippen LogP contribution < -0.4 is 10.1 Å². The number of nitrogens with zero attached hydrogens (tertiary/aromatic N) is 1. The molecule has 2 aliphatic rings. The van der Waals surface area contributed by atoms with E-state index in [1.165, 1.54) is 34.6 Å². The van der Waals surface area contributed by atoms with E-state index >= 15 is 0 Å². The SMILES string of the molecule is CC1CC(=O)c2c(OCC(=O)Nc3ccc(Cl)c(S(=O)(=O)N4CCOCC4)c3)ccc(F)c21. The summed E-state index contributed by atoms with van der Waals surface area (Å²) in [5.41, 5.74) is 0.683. The van der Waals surface area contributed by atoms with E-state index in [-0.39, 0.29) is 58.1 Å². The Kier molecular flexibility index (Phi) is 6.71. The average molecular weight is 497 g/mol. The van der Waals surface area contributed by atoms with Gasteiger partial charge in [0.05, 0.1) is 23.8 Å². The number of anilines is 1. The molecule has 33 heavy (non-hydrogen) atoms. The molecule has 0 aromatic heterocycles. The van der Waals surface area contributed by atoms with Gasteiger partial charge in [0.15, 0.2) is 12.4 Å². The Balaban J connectivity index is 1.47.